The summed E-state index contributed by atoms with van der Waals surface area (Å²) < 4.78 is 5.82. The van der Waals surface area contributed by atoms with E-state index in [0.717, 1.165) is 11.1 Å². The van der Waals surface area contributed by atoms with Crippen LogP contribution in [0.2, 0.25) is 5.02 Å². The molecule has 0 aliphatic carbocycles. The summed E-state index contributed by atoms with van der Waals surface area (Å²) in [5.74, 6) is 0.267. The summed E-state index contributed by atoms with van der Waals surface area (Å²) in [6.07, 6.45) is 3.38. The molecule has 3 rings (SSSR count). The summed E-state index contributed by atoms with van der Waals surface area (Å²) >= 11 is 6.05. The van der Waals surface area contributed by atoms with Crippen LogP contribution in [-0.4, -0.2) is 10.9 Å². The standard InChI is InChI=1S/C20H17ClN2O2/c21-17-6-7-19(25-14-16-4-2-1-3-5-16)18(12-17)20(24)23-13-15-8-10-22-11-9-15/h1-12H,13-14H2,(H,23,24). The lowest BCUT2D eigenvalue weighted by molar-refractivity contribution is 0.0946. The van der Waals surface area contributed by atoms with Gasteiger partial charge in [0.15, 0.2) is 0 Å². The van der Waals surface area contributed by atoms with Crippen molar-refractivity contribution < 1.29 is 9.53 Å². The predicted molar refractivity (Wildman–Crippen MR) is 97.6 cm³/mol. The Bertz CT molecular complexity index is 839. The quantitative estimate of drug-likeness (QED) is 0.721. The number of benzene rings is 2. The normalized spacial score (nSPS) is 10.3. The molecule has 3 aromatic rings. The monoisotopic (exact) mass is 352 g/mol. The van der Waals surface area contributed by atoms with E-state index in [1.54, 1.807) is 30.6 Å². The summed E-state index contributed by atoms with van der Waals surface area (Å²) in [7, 11) is 0. The first-order valence-electron chi connectivity index (χ1n) is 7.86. The summed E-state index contributed by atoms with van der Waals surface area (Å²) in [4.78, 5) is 16.5. The number of amides is 1. The molecular formula is C20H17ClN2O2. The lowest BCUT2D eigenvalue weighted by Crippen LogP contribution is -2.23. The van der Waals surface area contributed by atoms with Crippen molar-refractivity contribution in [3.8, 4) is 5.75 Å². The Labute approximate surface area is 151 Å². The van der Waals surface area contributed by atoms with E-state index in [9.17, 15) is 4.79 Å². The van der Waals surface area contributed by atoms with Gasteiger partial charge < -0.3 is 10.1 Å². The second-order valence-corrected chi connectivity index (χ2v) is 5.89. The van der Waals surface area contributed by atoms with Gasteiger partial charge in [0.1, 0.15) is 12.4 Å². The van der Waals surface area contributed by atoms with Gasteiger partial charge in [-0.05, 0) is 41.5 Å². The maximum Gasteiger partial charge on any atom is 0.255 e. The van der Waals surface area contributed by atoms with Crippen molar-refractivity contribution in [2.75, 3.05) is 0 Å². The molecule has 4 nitrogen and oxygen atoms in total. The van der Waals surface area contributed by atoms with Gasteiger partial charge in [-0.3, -0.25) is 9.78 Å². The average molecular weight is 353 g/mol. The average Bonchev–Trinajstić information content (AvgIpc) is 2.66. The van der Waals surface area contributed by atoms with E-state index >= 15 is 0 Å². The minimum atomic E-state index is -0.234. The van der Waals surface area contributed by atoms with Gasteiger partial charge in [-0.2, -0.15) is 0 Å². The van der Waals surface area contributed by atoms with Crippen LogP contribution in [-0.2, 0) is 13.2 Å². The number of ether oxygens (including phenoxy) is 1. The van der Waals surface area contributed by atoms with Gasteiger partial charge in [0.25, 0.3) is 5.91 Å². The van der Waals surface area contributed by atoms with E-state index in [1.165, 1.54) is 0 Å². The lowest BCUT2D eigenvalue weighted by Gasteiger charge is -2.12. The molecule has 1 N–H and O–H groups in total. The van der Waals surface area contributed by atoms with Crippen LogP contribution in [0.4, 0.5) is 0 Å². The first kappa shape index (κ1) is 17.0. The number of pyridine rings is 1. The number of nitrogens with one attached hydrogen (secondary N) is 1. The molecule has 1 amide bonds. The van der Waals surface area contributed by atoms with Gasteiger partial charge in [0.2, 0.25) is 0 Å². The van der Waals surface area contributed by atoms with Crippen LogP contribution in [0.25, 0.3) is 0 Å². The zero-order valence-corrected chi connectivity index (χ0v) is 14.2. The van der Waals surface area contributed by atoms with Crippen molar-refractivity contribution in [2.24, 2.45) is 0 Å². The molecule has 25 heavy (non-hydrogen) atoms. The summed E-state index contributed by atoms with van der Waals surface area (Å²) in [6, 6.07) is 18.5. The molecule has 0 spiro atoms. The van der Waals surface area contributed by atoms with Crippen molar-refractivity contribution in [2.45, 2.75) is 13.2 Å². The Morgan fingerprint density at radius 3 is 2.52 bits per heavy atom. The van der Waals surface area contributed by atoms with Crippen LogP contribution in [0.1, 0.15) is 21.5 Å². The van der Waals surface area contributed by atoms with Crippen molar-refractivity contribution in [3.63, 3.8) is 0 Å². The Morgan fingerprint density at radius 1 is 1.00 bits per heavy atom. The van der Waals surface area contributed by atoms with Crippen LogP contribution in [0.5, 0.6) is 5.75 Å². The molecule has 0 bridgehead atoms. The van der Waals surface area contributed by atoms with Crippen molar-refractivity contribution in [3.05, 3.63) is 94.8 Å². The van der Waals surface area contributed by atoms with E-state index in [1.807, 2.05) is 42.5 Å². The molecule has 0 saturated carbocycles. The first-order chi connectivity index (χ1) is 12.2. The maximum absolute atomic E-state index is 12.5. The second kappa shape index (κ2) is 8.31. The zero-order chi connectivity index (χ0) is 17.5. The van der Waals surface area contributed by atoms with Crippen molar-refractivity contribution in [1.29, 1.82) is 0 Å². The second-order valence-electron chi connectivity index (χ2n) is 5.45. The highest BCUT2D eigenvalue weighted by Crippen LogP contribution is 2.24. The molecule has 0 saturated heterocycles. The number of hydrogen-bond donors (Lipinski definition) is 1. The minimum absolute atomic E-state index is 0.234. The van der Waals surface area contributed by atoms with E-state index in [4.69, 9.17) is 16.3 Å². The molecule has 0 aliphatic heterocycles. The Kier molecular flexibility index (Phi) is 5.65. The minimum Gasteiger partial charge on any atom is -0.488 e. The Morgan fingerprint density at radius 2 is 1.76 bits per heavy atom. The maximum atomic E-state index is 12.5. The topological polar surface area (TPSA) is 51.2 Å². The Balaban J connectivity index is 1.70. The van der Waals surface area contributed by atoms with Gasteiger partial charge in [0.05, 0.1) is 5.56 Å². The SMILES string of the molecule is O=C(NCc1ccncc1)c1cc(Cl)ccc1OCc1ccccc1. The number of nitrogens with zero attached hydrogens (tertiary/aromatic N) is 1. The molecule has 2 aromatic carbocycles. The van der Waals surface area contributed by atoms with Crippen molar-refractivity contribution >= 4 is 17.5 Å². The van der Waals surface area contributed by atoms with E-state index in [2.05, 4.69) is 10.3 Å². The third-order valence-corrected chi connectivity index (χ3v) is 3.86. The molecule has 5 heteroatoms. The number of hydrogen-bond acceptors (Lipinski definition) is 3. The number of aromatic nitrogens is 1. The molecule has 0 aliphatic rings. The third kappa shape index (κ3) is 4.81. The number of carbonyl (C=O) groups is 1. The molecular weight excluding hydrogens is 336 g/mol. The van der Waals surface area contributed by atoms with E-state index in [-0.39, 0.29) is 5.91 Å². The number of rotatable bonds is 6. The molecule has 1 aromatic heterocycles. The summed E-state index contributed by atoms with van der Waals surface area (Å²) in [5, 5.41) is 3.36. The van der Waals surface area contributed by atoms with E-state index in [0.29, 0.717) is 29.5 Å². The van der Waals surface area contributed by atoms with Crippen LogP contribution < -0.4 is 10.1 Å². The fourth-order valence-corrected chi connectivity index (χ4v) is 2.49. The molecule has 1 heterocycles. The largest absolute Gasteiger partial charge is 0.488 e. The third-order valence-electron chi connectivity index (χ3n) is 3.63. The van der Waals surface area contributed by atoms with Crippen LogP contribution in [0.15, 0.2) is 73.1 Å². The lowest BCUT2D eigenvalue weighted by atomic mass is 10.1. The molecule has 0 fully saturated rings. The zero-order valence-electron chi connectivity index (χ0n) is 13.5. The van der Waals surface area contributed by atoms with Gasteiger partial charge >= 0.3 is 0 Å². The predicted octanol–water partition coefficient (Wildman–Crippen LogP) is 4.24. The molecule has 0 radical (unpaired) electrons. The summed E-state index contributed by atoms with van der Waals surface area (Å²) in [5.41, 5.74) is 2.41. The highest BCUT2D eigenvalue weighted by Gasteiger charge is 2.13. The molecule has 0 unspecified atom stereocenters. The van der Waals surface area contributed by atoms with Crippen LogP contribution in [0, 0.1) is 0 Å². The smallest absolute Gasteiger partial charge is 0.255 e. The highest BCUT2D eigenvalue weighted by atomic mass is 35.5. The van der Waals surface area contributed by atoms with Crippen LogP contribution in [0.3, 0.4) is 0 Å². The van der Waals surface area contributed by atoms with Gasteiger partial charge in [-0.1, -0.05) is 41.9 Å². The fourth-order valence-electron chi connectivity index (χ4n) is 2.32. The fraction of sp³-hybridized carbons (Fsp3) is 0.100. The van der Waals surface area contributed by atoms with E-state index < -0.39 is 0 Å². The summed E-state index contributed by atoms with van der Waals surface area (Å²) in [6.45, 7) is 0.791. The highest BCUT2D eigenvalue weighted by molar-refractivity contribution is 6.31. The Hall–Kier alpha value is -2.85. The first-order valence-corrected chi connectivity index (χ1v) is 8.23. The molecule has 0 atom stereocenters. The molecule has 126 valence electrons. The van der Waals surface area contributed by atoms with Gasteiger partial charge in [-0.15, -0.1) is 0 Å². The van der Waals surface area contributed by atoms with Crippen molar-refractivity contribution in [1.82, 2.24) is 10.3 Å². The van der Waals surface area contributed by atoms with Crippen LogP contribution >= 0.6 is 11.6 Å². The van der Waals surface area contributed by atoms with Gasteiger partial charge in [-0.25, -0.2) is 0 Å². The number of halogens is 1. The number of carbonyl (C=O) groups excluding carboxylic acids is 1. The van der Waals surface area contributed by atoms with Gasteiger partial charge in [0, 0.05) is 24.0 Å².